The van der Waals surface area contributed by atoms with Crippen LogP contribution in [0.1, 0.15) is 44.8 Å². The first-order valence-corrected chi connectivity index (χ1v) is 6.91. The van der Waals surface area contributed by atoms with Gasteiger partial charge in [0.25, 0.3) is 0 Å². The largest absolute Gasteiger partial charge is 0.490 e. The number of hydrogen-bond donors (Lipinski definition) is 1. The van der Waals surface area contributed by atoms with Gasteiger partial charge in [-0.25, -0.2) is 0 Å². The maximum absolute atomic E-state index is 10.1. The summed E-state index contributed by atoms with van der Waals surface area (Å²) in [5.41, 5.74) is 0.871. The summed E-state index contributed by atoms with van der Waals surface area (Å²) in [6, 6.07) is 5.62. The van der Waals surface area contributed by atoms with Gasteiger partial charge in [0.05, 0.1) is 19.3 Å². The van der Waals surface area contributed by atoms with Gasteiger partial charge in [0.2, 0.25) is 0 Å². The van der Waals surface area contributed by atoms with E-state index in [4.69, 9.17) is 9.47 Å². The van der Waals surface area contributed by atoms with Crippen molar-refractivity contribution in [3.05, 3.63) is 36.4 Å². The van der Waals surface area contributed by atoms with Crippen molar-refractivity contribution >= 4 is 0 Å². The number of aliphatic hydroxyl groups excluding tert-OH is 1. The first kappa shape index (κ1) is 15.6. The fourth-order valence-electron chi connectivity index (χ4n) is 1.90. The first-order chi connectivity index (χ1) is 9.22. The highest BCUT2D eigenvalue weighted by Crippen LogP contribution is 2.32. The van der Waals surface area contributed by atoms with Crippen LogP contribution in [-0.2, 0) is 0 Å². The van der Waals surface area contributed by atoms with Crippen molar-refractivity contribution in [2.45, 2.75) is 39.2 Å². The fraction of sp³-hybridized carbons (Fsp3) is 0.500. The zero-order valence-electron chi connectivity index (χ0n) is 11.9. The molecular weight excluding hydrogens is 240 g/mol. The molecule has 106 valence electrons. The van der Waals surface area contributed by atoms with E-state index in [-0.39, 0.29) is 0 Å². The Morgan fingerprint density at radius 1 is 1.21 bits per heavy atom. The number of aliphatic hydroxyl groups is 1. The van der Waals surface area contributed by atoms with Gasteiger partial charge in [-0.2, -0.15) is 0 Å². The van der Waals surface area contributed by atoms with Crippen molar-refractivity contribution in [1.82, 2.24) is 0 Å². The molecule has 3 heteroatoms. The molecule has 0 saturated carbocycles. The Hall–Kier alpha value is -1.48. The minimum atomic E-state index is -0.463. The van der Waals surface area contributed by atoms with E-state index in [0.717, 1.165) is 30.6 Å². The fourth-order valence-corrected chi connectivity index (χ4v) is 1.90. The highest BCUT2D eigenvalue weighted by Gasteiger charge is 2.11. The van der Waals surface area contributed by atoms with Crippen LogP contribution < -0.4 is 9.47 Å². The first-order valence-electron chi connectivity index (χ1n) is 6.91. The Kier molecular flexibility index (Phi) is 7.04. The number of allylic oxidation sites excluding steroid dienone is 1. The van der Waals surface area contributed by atoms with Crippen molar-refractivity contribution in [3.63, 3.8) is 0 Å². The number of ether oxygens (including phenoxy) is 2. The molecule has 1 rings (SSSR count). The maximum atomic E-state index is 10.1. The Balaban J connectivity index is 2.78. The monoisotopic (exact) mass is 264 g/mol. The summed E-state index contributed by atoms with van der Waals surface area (Å²) in [4.78, 5) is 0. The van der Waals surface area contributed by atoms with E-state index in [1.165, 1.54) is 0 Å². The molecule has 0 aliphatic heterocycles. The molecule has 0 aliphatic carbocycles. The third kappa shape index (κ3) is 4.95. The molecule has 0 bridgehead atoms. The molecule has 0 aliphatic rings. The van der Waals surface area contributed by atoms with E-state index < -0.39 is 6.10 Å². The minimum Gasteiger partial charge on any atom is -0.490 e. The Labute approximate surface area is 115 Å². The smallest absolute Gasteiger partial charge is 0.161 e. The average molecular weight is 264 g/mol. The van der Waals surface area contributed by atoms with E-state index >= 15 is 0 Å². The van der Waals surface area contributed by atoms with Crippen LogP contribution in [-0.4, -0.2) is 18.3 Å². The summed E-state index contributed by atoms with van der Waals surface area (Å²) in [5, 5.41) is 10.1. The van der Waals surface area contributed by atoms with Gasteiger partial charge in [-0.05, 0) is 50.8 Å². The highest BCUT2D eigenvalue weighted by atomic mass is 16.5. The number of hydrogen-bond acceptors (Lipinski definition) is 3. The van der Waals surface area contributed by atoms with Gasteiger partial charge in [-0.15, -0.1) is 6.58 Å². The molecule has 1 unspecified atom stereocenters. The summed E-state index contributed by atoms with van der Waals surface area (Å²) in [6.45, 7) is 8.73. The van der Waals surface area contributed by atoms with Crippen molar-refractivity contribution in [1.29, 1.82) is 0 Å². The van der Waals surface area contributed by atoms with Crippen LogP contribution in [0, 0.1) is 0 Å². The molecule has 0 heterocycles. The Morgan fingerprint density at radius 3 is 2.53 bits per heavy atom. The second kappa shape index (κ2) is 8.59. The topological polar surface area (TPSA) is 38.7 Å². The molecule has 3 nitrogen and oxygen atoms in total. The van der Waals surface area contributed by atoms with Crippen molar-refractivity contribution < 1.29 is 14.6 Å². The molecule has 19 heavy (non-hydrogen) atoms. The summed E-state index contributed by atoms with van der Waals surface area (Å²) < 4.78 is 11.1. The molecule has 0 spiro atoms. The summed E-state index contributed by atoms with van der Waals surface area (Å²) in [7, 11) is 0. The second-order valence-corrected chi connectivity index (χ2v) is 4.31. The second-order valence-electron chi connectivity index (χ2n) is 4.31. The van der Waals surface area contributed by atoms with Crippen molar-refractivity contribution in [3.8, 4) is 11.5 Å². The van der Waals surface area contributed by atoms with Crippen LogP contribution in [0.25, 0.3) is 0 Å². The Bertz CT molecular complexity index is 388. The van der Waals surface area contributed by atoms with Crippen molar-refractivity contribution in [2.24, 2.45) is 0 Å². The van der Waals surface area contributed by atoms with E-state index in [1.54, 1.807) is 0 Å². The third-order valence-corrected chi connectivity index (χ3v) is 2.84. The molecule has 1 atom stereocenters. The van der Waals surface area contributed by atoms with Gasteiger partial charge in [0, 0.05) is 0 Å². The van der Waals surface area contributed by atoms with E-state index in [2.05, 4.69) is 6.58 Å². The average Bonchev–Trinajstić information content (AvgIpc) is 2.41. The van der Waals surface area contributed by atoms with Gasteiger partial charge in [-0.3, -0.25) is 0 Å². The van der Waals surface area contributed by atoms with Gasteiger partial charge >= 0.3 is 0 Å². The van der Waals surface area contributed by atoms with Gasteiger partial charge < -0.3 is 14.6 Å². The van der Waals surface area contributed by atoms with Crippen LogP contribution in [0.5, 0.6) is 11.5 Å². The number of unbranched alkanes of at least 4 members (excludes halogenated alkanes) is 1. The lowest BCUT2D eigenvalue weighted by Gasteiger charge is -2.15. The summed E-state index contributed by atoms with van der Waals surface area (Å²) in [6.07, 6.45) is 3.99. The molecule has 0 radical (unpaired) electrons. The van der Waals surface area contributed by atoms with E-state index in [9.17, 15) is 5.11 Å². The third-order valence-electron chi connectivity index (χ3n) is 2.84. The maximum Gasteiger partial charge on any atom is 0.161 e. The molecule has 0 fully saturated rings. The van der Waals surface area contributed by atoms with Crippen LogP contribution in [0.2, 0.25) is 0 Å². The van der Waals surface area contributed by atoms with Gasteiger partial charge in [0.1, 0.15) is 0 Å². The molecular formula is C16H24O3. The van der Waals surface area contributed by atoms with E-state index in [0.29, 0.717) is 19.0 Å². The van der Waals surface area contributed by atoms with Crippen LogP contribution in [0.15, 0.2) is 30.9 Å². The lowest BCUT2D eigenvalue weighted by Crippen LogP contribution is -2.02. The normalized spacial score (nSPS) is 11.9. The molecule has 1 aromatic rings. The van der Waals surface area contributed by atoms with Crippen LogP contribution in [0.3, 0.4) is 0 Å². The van der Waals surface area contributed by atoms with Crippen LogP contribution >= 0.6 is 0 Å². The zero-order valence-corrected chi connectivity index (χ0v) is 11.9. The predicted molar refractivity (Wildman–Crippen MR) is 77.8 cm³/mol. The molecule has 0 aromatic heterocycles. The standard InChI is InChI=1S/C16H24O3/c1-4-7-8-9-14(17)13-10-11-15(18-5-2)16(12-13)19-6-3/h4,10-12,14,17H,1,5-9H2,2-3H3. The lowest BCUT2D eigenvalue weighted by atomic mass is 10.0. The van der Waals surface area contributed by atoms with Gasteiger partial charge in [0.15, 0.2) is 11.5 Å². The quantitative estimate of drug-likeness (QED) is 0.543. The minimum absolute atomic E-state index is 0.463. The molecule has 0 amide bonds. The SMILES string of the molecule is C=CCCCC(O)c1ccc(OCC)c(OCC)c1. The molecule has 1 aromatic carbocycles. The number of benzene rings is 1. The van der Waals surface area contributed by atoms with Crippen LogP contribution in [0.4, 0.5) is 0 Å². The number of rotatable bonds is 9. The van der Waals surface area contributed by atoms with E-state index in [1.807, 2.05) is 38.1 Å². The summed E-state index contributed by atoms with van der Waals surface area (Å²) in [5.74, 6) is 1.43. The summed E-state index contributed by atoms with van der Waals surface area (Å²) >= 11 is 0. The van der Waals surface area contributed by atoms with Crippen molar-refractivity contribution in [2.75, 3.05) is 13.2 Å². The Morgan fingerprint density at radius 2 is 1.89 bits per heavy atom. The lowest BCUT2D eigenvalue weighted by molar-refractivity contribution is 0.164. The molecule has 0 saturated heterocycles. The molecule has 1 N–H and O–H groups in total. The predicted octanol–water partition coefficient (Wildman–Crippen LogP) is 3.87. The highest BCUT2D eigenvalue weighted by molar-refractivity contribution is 5.43. The zero-order chi connectivity index (χ0) is 14.1. The van der Waals surface area contributed by atoms with Gasteiger partial charge in [-0.1, -0.05) is 12.1 Å².